The summed E-state index contributed by atoms with van der Waals surface area (Å²) < 4.78 is 0.727. The maximum absolute atomic E-state index is 12.5. The smallest absolute Gasteiger partial charge is 0.167 e. The molecule has 3 aromatic rings. The second-order valence-corrected chi connectivity index (χ2v) is 6.14. The van der Waals surface area contributed by atoms with Gasteiger partial charge in [-0.2, -0.15) is 0 Å². The average Bonchev–Trinajstić information content (AvgIpc) is 2.58. The van der Waals surface area contributed by atoms with Gasteiger partial charge in [0, 0.05) is 18.2 Å². The van der Waals surface area contributed by atoms with Gasteiger partial charge in [-0.1, -0.05) is 42.0 Å². The molecule has 0 bridgehead atoms. The molecular weight excluding hydrogens is 352 g/mol. The first-order valence-electron chi connectivity index (χ1n) is 7.30. The van der Waals surface area contributed by atoms with Crippen molar-refractivity contribution < 1.29 is 4.79 Å². The van der Waals surface area contributed by atoms with E-state index in [1.54, 1.807) is 6.20 Å². The van der Waals surface area contributed by atoms with Crippen LogP contribution in [-0.2, 0) is 6.42 Å². The topological polar surface area (TPSA) is 42.9 Å². The summed E-state index contributed by atoms with van der Waals surface area (Å²) in [4.78, 5) is 21.4. The fraction of sp³-hybridized carbons (Fsp3) is 0.105. The number of carbonyl (C=O) groups is 1. The maximum atomic E-state index is 12.5. The number of Topliss-reactive ketones (excluding diaryl/α,β-unsaturated/α-hetero) is 1. The second-order valence-electron chi connectivity index (χ2n) is 5.32. The molecule has 23 heavy (non-hydrogen) atoms. The third-order valence-corrected chi connectivity index (χ3v) is 4.02. The van der Waals surface area contributed by atoms with Crippen LogP contribution in [0.5, 0.6) is 0 Å². The van der Waals surface area contributed by atoms with Crippen LogP contribution in [0.1, 0.15) is 21.5 Å². The number of pyridine rings is 2. The minimum atomic E-state index is 0.0753. The van der Waals surface area contributed by atoms with Crippen LogP contribution in [0.4, 0.5) is 0 Å². The highest BCUT2D eigenvalue weighted by Crippen LogP contribution is 2.23. The summed E-state index contributed by atoms with van der Waals surface area (Å²) in [6, 6.07) is 17.1. The van der Waals surface area contributed by atoms with E-state index in [1.807, 2.05) is 61.5 Å². The van der Waals surface area contributed by atoms with Crippen molar-refractivity contribution in [1.82, 2.24) is 9.97 Å². The van der Waals surface area contributed by atoms with Crippen molar-refractivity contribution in [2.24, 2.45) is 0 Å². The van der Waals surface area contributed by atoms with Crippen LogP contribution >= 0.6 is 15.9 Å². The Morgan fingerprint density at radius 2 is 1.83 bits per heavy atom. The van der Waals surface area contributed by atoms with Gasteiger partial charge >= 0.3 is 0 Å². The number of halogens is 1. The lowest BCUT2D eigenvalue weighted by Crippen LogP contribution is -2.06. The van der Waals surface area contributed by atoms with E-state index in [-0.39, 0.29) is 5.78 Å². The molecule has 2 heterocycles. The lowest BCUT2D eigenvalue weighted by atomic mass is 10.00. The Hall–Kier alpha value is -2.33. The van der Waals surface area contributed by atoms with E-state index in [0.29, 0.717) is 12.0 Å². The molecule has 0 N–H and O–H groups in total. The summed E-state index contributed by atoms with van der Waals surface area (Å²) in [5.74, 6) is 0.0753. The van der Waals surface area contributed by atoms with Crippen LogP contribution in [0.2, 0.25) is 0 Å². The van der Waals surface area contributed by atoms with Crippen molar-refractivity contribution in [3.05, 3.63) is 82.1 Å². The Labute approximate surface area is 143 Å². The lowest BCUT2D eigenvalue weighted by Gasteiger charge is -2.09. The van der Waals surface area contributed by atoms with Gasteiger partial charge in [-0.25, -0.2) is 4.98 Å². The van der Waals surface area contributed by atoms with E-state index in [2.05, 4.69) is 25.9 Å². The van der Waals surface area contributed by atoms with Crippen LogP contribution in [-0.4, -0.2) is 15.8 Å². The Morgan fingerprint density at radius 1 is 1.04 bits per heavy atom. The van der Waals surface area contributed by atoms with E-state index in [0.717, 1.165) is 27.1 Å². The number of carbonyl (C=O) groups excluding carboxylic acids is 1. The molecule has 0 aliphatic rings. The largest absolute Gasteiger partial charge is 0.294 e. The molecule has 0 unspecified atom stereocenters. The number of aryl methyl sites for hydroxylation is 1. The molecule has 0 atom stereocenters. The molecular formula is C19H15BrN2O. The average molecular weight is 367 g/mol. The summed E-state index contributed by atoms with van der Waals surface area (Å²) in [5, 5.41) is 0. The molecule has 0 radical (unpaired) electrons. The zero-order valence-electron chi connectivity index (χ0n) is 12.7. The lowest BCUT2D eigenvalue weighted by molar-refractivity contribution is 0.0993. The number of nitrogens with zero attached hydrogens (tertiary/aromatic N) is 2. The van der Waals surface area contributed by atoms with Gasteiger partial charge in [-0.15, -0.1) is 0 Å². The molecule has 114 valence electrons. The first-order valence-corrected chi connectivity index (χ1v) is 8.09. The third kappa shape index (κ3) is 3.71. The van der Waals surface area contributed by atoms with Crippen LogP contribution < -0.4 is 0 Å². The van der Waals surface area contributed by atoms with E-state index < -0.39 is 0 Å². The number of hydrogen-bond donors (Lipinski definition) is 0. The number of aromatic nitrogens is 2. The quantitative estimate of drug-likeness (QED) is 0.498. The molecule has 3 nitrogen and oxygen atoms in total. The Morgan fingerprint density at radius 3 is 2.52 bits per heavy atom. The van der Waals surface area contributed by atoms with Gasteiger partial charge in [0.25, 0.3) is 0 Å². The maximum Gasteiger partial charge on any atom is 0.167 e. The zero-order valence-corrected chi connectivity index (χ0v) is 14.2. The van der Waals surface area contributed by atoms with Crippen LogP contribution in [0.25, 0.3) is 11.4 Å². The highest BCUT2D eigenvalue weighted by molar-refractivity contribution is 9.10. The molecule has 0 saturated heterocycles. The van der Waals surface area contributed by atoms with E-state index in [1.165, 1.54) is 0 Å². The van der Waals surface area contributed by atoms with Crippen molar-refractivity contribution in [3.63, 3.8) is 0 Å². The van der Waals surface area contributed by atoms with Crippen molar-refractivity contribution in [1.29, 1.82) is 0 Å². The first-order chi connectivity index (χ1) is 11.1. The minimum absolute atomic E-state index is 0.0753. The van der Waals surface area contributed by atoms with Gasteiger partial charge in [0.15, 0.2) is 5.78 Å². The minimum Gasteiger partial charge on any atom is -0.294 e. The molecule has 1 aromatic carbocycles. The highest BCUT2D eigenvalue weighted by Gasteiger charge is 2.14. The monoisotopic (exact) mass is 366 g/mol. The van der Waals surface area contributed by atoms with Crippen LogP contribution in [0, 0.1) is 6.92 Å². The first kappa shape index (κ1) is 15.6. The number of rotatable bonds is 4. The fourth-order valence-corrected chi connectivity index (χ4v) is 2.66. The predicted molar refractivity (Wildman–Crippen MR) is 94.4 cm³/mol. The SMILES string of the molecule is Cc1ccc(C(=O)Cc2ccc(Br)nc2-c2ccccn2)cc1. The molecule has 0 fully saturated rings. The van der Waals surface area contributed by atoms with Crippen LogP contribution in [0.3, 0.4) is 0 Å². The van der Waals surface area contributed by atoms with Crippen LogP contribution in [0.15, 0.2) is 65.4 Å². The number of ketones is 1. The molecule has 0 saturated carbocycles. The molecule has 0 aliphatic heterocycles. The number of benzene rings is 1. The standard InChI is InChI=1S/C19H15BrN2O/c1-13-5-7-14(8-6-13)17(23)12-15-9-10-18(20)22-19(15)16-4-2-3-11-21-16/h2-11H,12H2,1H3. The van der Waals surface area contributed by atoms with Gasteiger partial charge in [-0.05, 0) is 46.6 Å². The summed E-state index contributed by atoms with van der Waals surface area (Å²) in [7, 11) is 0. The summed E-state index contributed by atoms with van der Waals surface area (Å²) in [6.07, 6.45) is 2.03. The predicted octanol–water partition coefficient (Wildman–Crippen LogP) is 4.64. The number of hydrogen-bond acceptors (Lipinski definition) is 3. The molecule has 2 aromatic heterocycles. The van der Waals surface area contributed by atoms with E-state index in [9.17, 15) is 4.79 Å². The normalized spacial score (nSPS) is 10.5. The van der Waals surface area contributed by atoms with Gasteiger partial charge in [0.2, 0.25) is 0 Å². The fourth-order valence-electron chi connectivity index (χ4n) is 2.35. The third-order valence-electron chi connectivity index (χ3n) is 3.58. The molecule has 0 aliphatic carbocycles. The van der Waals surface area contributed by atoms with Crippen molar-refractivity contribution >= 4 is 21.7 Å². The second kappa shape index (κ2) is 6.84. The Kier molecular flexibility index (Phi) is 4.63. The highest BCUT2D eigenvalue weighted by atomic mass is 79.9. The Bertz CT molecular complexity index is 830. The Balaban J connectivity index is 1.94. The molecule has 4 heteroatoms. The zero-order chi connectivity index (χ0) is 16.2. The van der Waals surface area contributed by atoms with E-state index >= 15 is 0 Å². The van der Waals surface area contributed by atoms with Gasteiger partial charge < -0.3 is 0 Å². The molecule has 0 amide bonds. The van der Waals surface area contributed by atoms with Gasteiger partial charge in [-0.3, -0.25) is 9.78 Å². The van der Waals surface area contributed by atoms with Crippen molar-refractivity contribution in [3.8, 4) is 11.4 Å². The molecule has 0 spiro atoms. The summed E-state index contributed by atoms with van der Waals surface area (Å²) >= 11 is 3.39. The van der Waals surface area contributed by atoms with Crippen molar-refractivity contribution in [2.75, 3.05) is 0 Å². The van der Waals surface area contributed by atoms with Crippen molar-refractivity contribution in [2.45, 2.75) is 13.3 Å². The van der Waals surface area contributed by atoms with Gasteiger partial charge in [0.05, 0.1) is 11.4 Å². The van der Waals surface area contributed by atoms with E-state index in [4.69, 9.17) is 0 Å². The van der Waals surface area contributed by atoms with Gasteiger partial charge in [0.1, 0.15) is 4.60 Å². The summed E-state index contributed by atoms with van der Waals surface area (Å²) in [6.45, 7) is 2.01. The molecule has 3 rings (SSSR count). The summed E-state index contributed by atoms with van der Waals surface area (Å²) in [5.41, 5.74) is 4.23.